The van der Waals surface area contributed by atoms with Gasteiger partial charge in [0.05, 0.1) is 11.4 Å². The standard InChI is InChI=1S/C5H7BrN4/c6-3-5-7-8-9-10(5)4-1-2-4/h4H,1-3H2. The van der Waals surface area contributed by atoms with Gasteiger partial charge < -0.3 is 0 Å². The second-order valence-corrected chi connectivity index (χ2v) is 2.97. The van der Waals surface area contributed by atoms with Crippen molar-refractivity contribution in [1.29, 1.82) is 0 Å². The Kier molecular flexibility index (Phi) is 1.44. The molecule has 0 aromatic carbocycles. The van der Waals surface area contributed by atoms with Gasteiger partial charge >= 0.3 is 0 Å². The number of tetrazole rings is 1. The number of rotatable bonds is 2. The maximum absolute atomic E-state index is 3.87. The van der Waals surface area contributed by atoms with E-state index >= 15 is 0 Å². The van der Waals surface area contributed by atoms with Crippen molar-refractivity contribution >= 4 is 15.9 Å². The van der Waals surface area contributed by atoms with Crippen molar-refractivity contribution in [2.45, 2.75) is 24.2 Å². The third-order valence-corrected chi connectivity index (χ3v) is 2.07. The lowest BCUT2D eigenvalue weighted by atomic mass is 10.6. The van der Waals surface area contributed by atoms with Gasteiger partial charge in [0.2, 0.25) is 0 Å². The summed E-state index contributed by atoms with van der Waals surface area (Å²) >= 11 is 3.32. The molecule has 1 aliphatic carbocycles. The summed E-state index contributed by atoms with van der Waals surface area (Å²) in [5.74, 6) is 0.933. The molecule has 5 heteroatoms. The monoisotopic (exact) mass is 202 g/mol. The minimum Gasteiger partial charge on any atom is -0.226 e. The van der Waals surface area contributed by atoms with Crippen LogP contribution in [0.2, 0.25) is 0 Å². The van der Waals surface area contributed by atoms with Crippen molar-refractivity contribution in [2.24, 2.45) is 0 Å². The Balaban J connectivity index is 2.28. The fourth-order valence-corrected chi connectivity index (χ4v) is 1.27. The van der Waals surface area contributed by atoms with E-state index in [1.54, 1.807) is 0 Å². The van der Waals surface area contributed by atoms with Gasteiger partial charge in [0.15, 0.2) is 5.82 Å². The van der Waals surface area contributed by atoms with Crippen LogP contribution in [0.3, 0.4) is 0 Å². The molecule has 0 radical (unpaired) electrons. The third-order valence-electron chi connectivity index (χ3n) is 1.57. The van der Waals surface area contributed by atoms with Gasteiger partial charge in [-0.25, -0.2) is 4.68 Å². The first-order chi connectivity index (χ1) is 4.92. The zero-order valence-electron chi connectivity index (χ0n) is 5.37. The molecule has 54 valence electrons. The van der Waals surface area contributed by atoms with E-state index in [1.165, 1.54) is 12.8 Å². The van der Waals surface area contributed by atoms with Crippen molar-refractivity contribution in [2.75, 3.05) is 0 Å². The maximum Gasteiger partial charge on any atom is 0.162 e. The first-order valence-corrected chi connectivity index (χ1v) is 4.36. The zero-order valence-corrected chi connectivity index (χ0v) is 6.95. The predicted molar refractivity (Wildman–Crippen MR) is 38.7 cm³/mol. The van der Waals surface area contributed by atoms with E-state index in [0.717, 1.165) is 11.2 Å². The molecule has 0 aliphatic heterocycles. The Morgan fingerprint density at radius 2 is 2.40 bits per heavy atom. The van der Waals surface area contributed by atoms with E-state index in [0.29, 0.717) is 6.04 Å². The van der Waals surface area contributed by atoms with Crippen LogP contribution in [0.25, 0.3) is 0 Å². The summed E-state index contributed by atoms with van der Waals surface area (Å²) in [4.78, 5) is 0. The number of nitrogens with zero attached hydrogens (tertiary/aromatic N) is 4. The summed E-state index contributed by atoms with van der Waals surface area (Å²) < 4.78 is 1.90. The predicted octanol–water partition coefficient (Wildman–Crippen LogP) is 0.903. The fourth-order valence-electron chi connectivity index (χ4n) is 0.903. The van der Waals surface area contributed by atoms with Crippen molar-refractivity contribution in [3.63, 3.8) is 0 Å². The Morgan fingerprint density at radius 1 is 1.60 bits per heavy atom. The van der Waals surface area contributed by atoms with E-state index in [9.17, 15) is 0 Å². The van der Waals surface area contributed by atoms with Crippen LogP contribution in [0.15, 0.2) is 0 Å². The Labute approximate surface area is 66.7 Å². The van der Waals surface area contributed by atoms with E-state index < -0.39 is 0 Å². The first kappa shape index (κ1) is 6.27. The van der Waals surface area contributed by atoms with Gasteiger partial charge in [-0.1, -0.05) is 15.9 Å². The van der Waals surface area contributed by atoms with Gasteiger partial charge in [-0.3, -0.25) is 0 Å². The largest absolute Gasteiger partial charge is 0.226 e. The lowest BCUT2D eigenvalue weighted by Gasteiger charge is -1.95. The van der Waals surface area contributed by atoms with E-state index in [4.69, 9.17) is 0 Å². The molecule has 0 bridgehead atoms. The molecule has 4 nitrogen and oxygen atoms in total. The normalized spacial score (nSPS) is 17.7. The molecule has 0 saturated heterocycles. The van der Waals surface area contributed by atoms with Crippen LogP contribution >= 0.6 is 15.9 Å². The van der Waals surface area contributed by atoms with Crippen LogP contribution in [0.1, 0.15) is 24.7 Å². The minimum absolute atomic E-state index is 0.586. The molecule has 1 saturated carbocycles. The topological polar surface area (TPSA) is 43.6 Å². The van der Waals surface area contributed by atoms with Gasteiger partial charge in [0, 0.05) is 0 Å². The van der Waals surface area contributed by atoms with Crippen LogP contribution in [-0.2, 0) is 5.33 Å². The maximum atomic E-state index is 3.87. The SMILES string of the molecule is BrCc1nnnn1C1CC1. The molecule has 1 fully saturated rings. The summed E-state index contributed by atoms with van der Waals surface area (Å²) in [5, 5.41) is 12.1. The number of hydrogen-bond acceptors (Lipinski definition) is 3. The second-order valence-electron chi connectivity index (χ2n) is 2.40. The van der Waals surface area contributed by atoms with E-state index in [2.05, 4.69) is 31.5 Å². The lowest BCUT2D eigenvalue weighted by molar-refractivity contribution is 0.594. The van der Waals surface area contributed by atoms with E-state index in [-0.39, 0.29) is 0 Å². The molecule has 0 amide bonds. The highest BCUT2D eigenvalue weighted by molar-refractivity contribution is 9.08. The molecule has 0 atom stereocenters. The van der Waals surface area contributed by atoms with Crippen LogP contribution in [-0.4, -0.2) is 20.2 Å². The van der Waals surface area contributed by atoms with Crippen molar-refractivity contribution < 1.29 is 0 Å². The Morgan fingerprint density at radius 3 is 3.00 bits per heavy atom. The first-order valence-electron chi connectivity index (χ1n) is 3.24. The van der Waals surface area contributed by atoms with Gasteiger partial charge in [0.1, 0.15) is 0 Å². The van der Waals surface area contributed by atoms with Crippen LogP contribution in [0.4, 0.5) is 0 Å². The molecule has 1 heterocycles. The molecule has 1 aromatic heterocycles. The lowest BCUT2D eigenvalue weighted by Crippen LogP contribution is -2.00. The number of hydrogen-bond donors (Lipinski definition) is 0. The highest BCUT2D eigenvalue weighted by Crippen LogP contribution is 2.34. The van der Waals surface area contributed by atoms with Gasteiger partial charge in [-0.05, 0) is 23.3 Å². The molecule has 0 spiro atoms. The molecular weight excluding hydrogens is 196 g/mol. The zero-order chi connectivity index (χ0) is 6.97. The van der Waals surface area contributed by atoms with Crippen LogP contribution < -0.4 is 0 Å². The van der Waals surface area contributed by atoms with Crippen LogP contribution in [0.5, 0.6) is 0 Å². The Bertz CT molecular complexity index is 229. The summed E-state index contributed by atoms with van der Waals surface area (Å²) in [7, 11) is 0. The fraction of sp³-hybridized carbons (Fsp3) is 0.800. The number of aromatic nitrogens is 4. The molecule has 1 aromatic rings. The van der Waals surface area contributed by atoms with E-state index in [1.807, 2.05) is 4.68 Å². The molecule has 0 unspecified atom stereocenters. The van der Waals surface area contributed by atoms with Crippen LogP contribution in [0, 0.1) is 0 Å². The summed E-state index contributed by atoms with van der Waals surface area (Å²) in [5.41, 5.74) is 0. The van der Waals surface area contributed by atoms with Gasteiger partial charge in [0.25, 0.3) is 0 Å². The summed E-state index contributed by atoms with van der Waals surface area (Å²) in [6.07, 6.45) is 2.45. The number of alkyl halides is 1. The molecule has 2 rings (SSSR count). The quantitative estimate of drug-likeness (QED) is 0.670. The van der Waals surface area contributed by atoms with Gasteiger partial charge in [-0.2, -0.15) is 0 Å². The smallest absolute Gasteiger partial charge is 0.162 e. The minimum atomic E-state index is 0.586. The summed E-state index contributed by atoms with van der Waals surface area (Å²) in [6.45, 7) is 0. The average molecular weight is 203 g/mol. The second kappa shape index (κ2) is 2.30. The third kappa shape index (κ3) is 0.941. The summed E-state index contributed by atoms with van der Waals surface area (Å²) in [6, 6.07) is 0.586. The van der Waals surface area contributed by atoms with Crippen molar-refractivity contribution in [1.82, 2.24) is 20.2 Å². The van der Waals surface area contributed by atoms with Crippen molar-refractivity contribution in [3.8, 4) is 0 Å². The highest BCUT2D eigenvalue weighted by Gasteiger charge is 2.26. The van der Waals surface area contributed by atoms with Gasteiger partial charge in [-0.15, -0.1) is 5.10 Å². The molecular formula is C5H7BrN4. The molecule has 10 heavy (non-hydrogen) atoms. The highest BCUT2D eigenvalue weighted by atomic mass is 79.9. The average Bonchev–Trinajstić information content (AvgIpc) is 2.69. The molecule has 1 aliphatic rings. The van der Waals surface area contributed by atoms with Crippen molar-refractivity contribution in [3.05, 3.63) is 5.82 Å². The number of halogens is 1. The molecule has 0 N–H and O–H groups in total. The Hall–Kier alpha value is -0.450.